The molecule has 1 aliphatic carbocycles. The van der Waals surface area contributed by atoms with Gasteiger partial charge in [0.15, 0.2) is 0 Å². The molecule has 0 aliphatic heterocycles. The lowest BCUT2D eigenvalue weighted by molar-refractivity contribution is -0.105. The lowest BCUT2D eigenvalue weighted by atomic mass is 10.3. The van der Waals surface area contributed by atoms with Gasteiger partial charge in [-0.25, -0.2) is 4.99 Å². The van der Waals surface area contributed by atoms with Crippen molar-refractivity contribution < 1.29 is 13.2 Å². The van der Waals surface area contributed by atoms with E-state index in [0.29, 0.717) is 22.3 Å². The number of amidine groups is 1. The molecule has 6 heteroatoms. The number of hydrogen-bond donors (Lipinski definition) is 1. The first-order valence-corrected chi connectivity index (χ1v) is 6.56. The summed E-state index contributed by atoms with van der Waals surface area (Å²) in [5.41, 5.74) is 6.38. The van der Waals surface area contributed by atoms with Crippen molar-refractivity contribution >= 4 is 23.3 Å². The molecule has 1 aromatic carbocycles. The maximum Gasteiger partial charge on any atom is 0.398 e. The minimum Gasteiger partial charge on any atom is -0.387 e. The van der Waals surface area contributed by atoms with Crippen LogP contribution in [-0.2, 0) is 0 Å². The highest BCUT2D eigenvalue weighted by atomic mass is 32.2. The van der Waals surface area contributed by atoms with E-state index in [4.69, 9.17) is 5.73 Å². The van der Waals surface area contributed by atoms with Crippen molar-refractivity contribution in [3.63, 3.8) is 0 Å². The van der Waals surface area contributed by atoms with Crippen molar-refractivity contribution in [2.45, 2.75) is 23.9 Å². The van der Waals surface area contributed by atoms with E-state index >= 15 is 0 Å². The third-order valence-corrected chi connectivity index (χ3v) is 3.53. The van der Waals surface area contributed by atoms with Gasteiger partial charge in [-0.05, 0) is 31.0 Å². The summed E-state index contributed by atoms with van der Waals surface area (Å²) in [6, 6.07) is 6.71. The number of nitrogens with two attached hydrogens (primary N) is 1. The number of hydrogen-bond acceptors (Lipinski definition) is 2. The van der Waals surface area contributed by atoms with Crippen LogP contribution >= 0.6 is 11.8 Å². The number of benzene rings is 1. The number of nitrogens with zero attached hydrogens (tertiary/aromatic N) is 1. The zero-order valence-corrected chi connectivity index (χ0v) is 10.4. The van der Waals surface area contributed by atoms with Gasteiger partial charge in [-0.1, -0.05) is 6.07 Å². The average molecular weight is 274 g/mol. The first kappa shape index (κ1) is 13.3. The number of thioether (sulfide) groups is 1. The molecule has 0 atom stereocenters. The molecule has 2 rings (SSSR count). The molecular formula is C12H13F3N2S. The standard InChI is InChI=1S/C12H13F3N2S/c13-12(14,15)7-18-10-3-1-2-9(6-10)17-11(16)8-4-5-8/h1-3,6,8H,4-5,7H2,(H2,16,17). The molecule has 2 nitrogen and oxygen atoms in total. The summed E-state index contributed by atoms with van der Waals surface area (Å²) in [7, 11) is 0. The monoisotopic (exact) mass is 274 g/mol. The summed E-state index contributed by atoms with van der Waals surface area (Å²) < 4.78 is 36.3. The van der Waals surface area contributed by atoms with Gasteiger partial charge in [0, 0.05) is 10.8 Å². The van der Waals surface area contributed by atoms with Gasteiger partial charge in [-0.3, -0.25) is 0 Å². The molecular weight excluding hydrogens is 261 g/mol. The summed E-state index contributed by atoms with van der Waals surface area (Å²) in [5.74, 6) is 0.0441. The highest BCUT2D eigenvalue weighted by molar-refractivity contribution is 7.99. The van der Waals surface area contributed by atoms with Gasteiger partial charge in [0.25, 0.3) is 0 Å². The fourth-order valence-corrected chi connectivity index (χ4v) is 2.14. The van der Waals surface area contributed by atoms with E-state index in [1.807, 2.05) is 0 Å². The van der Waals surface area contributed by atoms with Crippen molar-refractivity contribution in [3.05, 3.63) is 24.3 Å². The predicted octanol–water partition coefficient (Wildman–Crippen LogP) is 3.74. The second-order valence-corrected chi connectivity index (χ2v) is 5.26. The van der Waals surface area contributed by atoms with E-state index in [9.17, 15) is 13.2 Å². The first-order chi connectivity index (χ1) is 8.44. The highest BCUT2D eigenvalue weighted by Gasteiger charge is 2.27. The third kappa shape index (κ3) is 4.25. The zero-order chi connectivity index (χ0) is 13.2. The van der Waals surface area contributed by atoms with Crippen molar-refractivity contribution in [1.29, 1.82) is 0 Å². The molecule has 0 saturated heterocycles. The molecule has 1 aliphatic rings. The van der Waals surface area contributed by atoms with Crippen molar-refractivity contribution in [2.75, 3.05) is 5.75 Å². The molecule has 0 amide bonds. The molecule has 0 spiro atoms. The van der Waals surface area contributed by atoms with E-state index in [0.717, 1.165) is 24.6 Å². The van der Waals surface area contributed by atoms with Crippen LogP contribution in [0.5, 0.6) is 0 Å². The van der Waals surface area contributed by atoms with Crippen LogP contribution < -0.4 is 5.73 Å². The molecule has 2 N–H and O–H groups in total. The fraction of sp³-hybridized carbons (Fsp3) is 0.417. The lowest BCUT2D eigenvalue weighted by Gasteiger charge is -2.06. The minimum absolute atomic E-state index is 0.358. The average Bonchev–Trinajstić information content (AvgIpc) is 3.09. The summed E-state index contributed by atoms with van der Waals surface area (Å²) >= 11 is 0.758. The van der Waals surface area contributed by atoms with Crippen LogP contribution in [0.4, 0.5) is 18.9 Å². The maximum atomic E-state index is 12.1. The fourth-order valence-electron chi connectivity index (χ4n) is 1.43. The molecule has 1 fully saturated rings. The van der Waals surface area contributed by atoms with Gasteiger partial charge in [-0.15, -0.1) is 11.8 Å². The quantitative estimate of drug-likeness (QED) is 0.516. The second kappa shape index (κ2) is 5.22. The summed E-state index contributed by atoms with van der Waals surface area (Å²) in [4.78, 5) is 4.78. The Bertz CT molecular complexity index is 453. The molecule has 0 heterocycles. The van der Waals surface area contributed by atoms with Gasteiger partial charge in [-0.2, -0.15) is 13.2 Å². The molecule has 98 valence electrons. The Morgan fingerprint density at radius 1 is 1.39 bits per heavy atom. The minimum atomic E-state index is -4.16. The summed E-state index contributed by atoms with van der Waals surface area (Å²) in [6.07, 6.45) is -2.05. The molecule has 0 unspecified atom stereocenters. The van der Waals surface area contributed by atoms with Crippen molar-refractivity contribution in [2.24, 2.45) is 16.6 Å². The van der Waals surface area contributed by atoms with Gasteiger partial charge < -0.3 is 5.73 Å². The first-order valence-electron chi connectivity index (χ1n) is 5.58. The topological polar surface area (TPSA) is 38.4 Å². The Morgan fingerprint density at radius 3 is 2.72 bits per heavy atom. The highest BCUT2D eigenvalue weighted by Crippen LogP contribution is 2.32. The van der Waals surface area contributed by atoms with Gasteiger partial charge in [0.2, 0.25) is 0 Å². The van der Waals surface area contributed by atoms with Crippen LogP contribution in [0, 0.1) is 5.92 Å². The predicted molar refractivity (Wildman–Crippen MR) is 67.2 cm³/mol. The van der Waals surface area contributed by atoms with Crippen LogP contribution in [0.1, 0.15) is 12.8 Å². The van der Waals surface area contributed by atoms with Crippen LogP contribution in [0.15, 0.2) is 34.2 Å². The Hall–Kier alpha value is -1.17. The Kier molecular flexibility index (Phi) is 3.85. The van der Waals surface area contributed by atoms with E-state index in [1.54, 1.807) is 24.3 Å². The molecule has 1 aromatic rings. The largest absolute Gasteiger partial charge is 0.398 e. The summed E-state index contributed by atoms with van der Waals surface area (Å²) in [5, 5.41) is 0. The van der Waals surface area contributed by atoms with Gasteiger partial charge in [0.1, 0.15) is 5.84 Å². The van der Waals surface area contributed by atoms with Crippen LogP contribution in [0.25, 0.3) is 0 Å². The molecule has 0 bridgehead atoms. The number of halogens is 3. The Labute approximate surface area is 107 Å². The maximum absolute atomic E-state index is 12.1. The lowest BCUT2D eigenvalue weighted by Crippen LogP contribution is -2.13. The summed E-state index contributed by atoms with van der Waals surface area (Å²) in [6.45, 7) is 0. The number of rotatable bonds is 4. The normalized spacial score (nSPS) is 16.9. The van der Waals surface area contributed by atoms with Crippen LogP contribution in [-0.4, -0.2) is 17.8 Å². The van der Waals surface area contributed by atoms with E-state index < -0.39 is 11.9 Å². The Morgan fingerprint density at radius 2 is 2.11 bits per heavy atom. The number of alkyl halides is 3. The van der Waals surface area contributed by atoms with Gasteiger partial charge in [0.05, 0.1) is 11.4 Å². The molecule has 0 radical (unpaired) electrons. The third-order valence-electron chi connectivity index (χ3n) is 2.47. The zero-order valence-electron chi connectivity index (χ0n) is 9.57. The van der Waals surface area contributed by atoms with E-state index in [2.05, 4.69) is 4.99 Å². The van der Waals surface area contributed by atoms with E-state index in [-0.39, 0.29) is 0 Å². The van der Waals surface area contributed by atoms with Crippen molar-refractivity contribution in [3.8, 4) is 0 Å². The van der Waals surface area contributed by atoms with Crippen LogP contribution in [0.2, 0.25) is 0 Å². The number of aliphatic imine (C=N–C) groups is 1. The Balaban J connectivity index is 2.03. The van der Waals surface area contributed by atoms with Crippen molar-refractivity contribution in [1.82, 2.24) is 0 Å². The SMILES string of the molecule is N/C(=N\c1cccc(SCC(F)(F)F)c1)C1CC1. The molecule has 1 saturated carbocycles. The van der Waals surface area contributed by atoms with E-state index in [1.165, 1.54) is 0 Å². The second-order valence-electron chi connectivity index (χ2n) is 4.21. The van der Waals surface area contributed by atoms with Gasteiger partial charge >= 0.3 is 6.18 Å². The molecule has 18 heavy (non-hydrogen) atoms. The van der Waals surface area contributed by atoms with Crippen LogP contribution in [0.3, 0.4) is 0 Å². The molecule has 0 aromatic heterocycles. The smallest absolute Gasteiger partial charge is 0.387 e.